The maximum Gasteiger partial charge on any atom is 0.119 e. The largest absolute Gasteiger partial charge is 0.494 e. The summed E-state index contributed by atoms with van der Waals surface area (Å²) in [4.78, 5) is 2.30. The molecule has 0 spiro atoms. The first-order valence-electron chi connectivity index (χ1n) is 7.87. The number of nitriles is 1. The lowest BCUT2D eigenvalue weighted by molar-refractivity contribution is -0.0182. The summed E-state index contributed by atoms with van der Waals surface area (Å²) in [6.45, 7) is 5.06. The molecule has 0 radical (unpaired) electrons. The number of morpholine rings is 1. The molecule has 22 heavy (non-hydrogen) atoms. The Bertz CT molecular complexity index is 487. The van der Waals surface area contributed by atoms with Gasteiger partial charge >= 0.3 is 0 Å². The highest BCUT2D eigenvalue weighted by atomic mass is 16.5. The van der Waals surface area contributed by atoms with E-state index < -0.39 is 0 Å². The van der Waals surface area contributed by atoms with Crippen LogP contribution < -0.4 is 10.1 Å². The fraction of sp³-hybridized carbons (Fsp3) is 0.588. The molecule has 0 unspecified atom stereocenters. The van der Waals surface area contributed by atoms with E-state index in [4.69, 9.17) is 14.7 Å². The van der Waals surface area contributed by atoms with Crippen LogP contribution in [0.1, 0.15) is 18.4 Å². The minimum absolute atomic E-state index is 0.268. The SMILES string of the molecule is CN1CCO[C@@H](CNCc2cccc(OCCCC#N)c2)C1. The molecule has 1 atom stereocenters. The van der Waals surface area contributed by atoms with Crippen molar-refractivity contribution in [1.29, 1.82) is 5.26 Å². The smallest absolute Gasteiger partial charge is 0.119 e. The molecule has 0 saturated carbocycles. The lowest BCUT2D eigenvalue weighted by Gasteiger charge is -2.30. The zero-order chi connectivity index (χ0) is 15.6. The van der Waals surface area contributed by atoms with Gasteiger partial charge in [0.25, 0.3) is 0 Å². The van der Waals surface area contributed by atoms with Crippen molar-refractivity contribution >= 4 is 0 Å². The normalized spacial score (nSPS) is 18.8. The Labute approximate surface area is 132 Å². The van der Waals surface area contributed by atoms with Gasteiger partial charge in [-0.3, -0.25) is 0 Å². The van der Waals surface area contributed by atoms with Crippen molar-refractivity contribution in [1.82, 2.24) is 10.2 Å². The minimum atomic E-state index is 0.268. The van der Waals surface area contributed by atoms with Crippen LogP contribution in [0.4, 0.5) is 0 Å². The van der Waals surface area contributed by atoms with Gasteiger partial charge in [0.15, 0.2) is 0 Å². The number of likely N-dealkylation sites (N-methyl/N-ethyl adjacent to an activating group) is 1. The van der Waals surface area contributed by atoms with E-state index in [2.05, 4.69) is 29.4 Å². The molecular weight excluding hydrogens is 278 g/mol. The number of benzene rings is 1. The molecule has 0 amide bonds. The van der Waals surface area contributed by atoms with Crippen molar-refractivity contribution in [2.75, 3.05) is 39.9 Å². The van der Waals surface area contributed by atoms with Gasteiger partial charge < -0.3 is 19.7 Å². The Kier molecular flexibility index (Phi) is 7.17. The predicted molar refractivity (Wildman–Crippen MR) is 85.7 cm³/mol. The summed E-state index contributed by atoms with van der Waals surface area (Å²) in [7, 11) is 2.13. The molecule has 1 aromatic carbocycles. The quantitative estimate of drug-likeness (QED) is 0.742. The van der Waals surface area contributed by atoms with Crippen molar-refractivity contribution < 1.29 is 9.47 Å². The van der Waals surface area contributed by atoms with Crippen molar-refractivity contribution in [3.05, 3.63) is 29.8 Å². The van der Waals surface area contributed by atoms with Gasteiger partial charge in [0.05, 0.1) is 25.4 Å². The Morgan fingerprint density at radius 2 is 2.41 bits per heavy atom. The van der Waals surface area contributed by atoms with Gasteiger partial charge in [-0.1, -0.05) is 12.1 Å². The first-order valence-corrected chi connectivity index (χ1v) is 7.87. The third kappa shape index (κ3) is 6.02. The summed E-state index contributed by atoms with van der Waals surface area (Å²) in [5.41, 5.74) is 1.20. The Hall–Kier alpha value is -1.61. The van der Waals surface area contributed by atoms with E-state index in [1.807, 2.05) is 18.2 Å². The lowest BCUT2D eigenvalue weighted by atomic mass is 10.2. The molecule has 120 valence electrons. The van der Waals surface area contributed by atoms with Crippen LogP contribution in [0.25, 0.3) is 0 Å². The molecule has 2 rings (SSSR count). The zero-order valence-corrected chi connectivity index (χ0v) is 13.3. The van der Waals surface area contributed by atoms with E-state index in [0.717, 1.165) is 45.0 Å². The van der Waals surface area contributed by atoms with Crippen molar-refractivity contribution in [3.8, 4) is 11.8 Å². The maximum absolute atomic E-state index is 8.50. The average molecular weight is 303 g/mol. The second kappa shape index (κ2) is 9.42. The third-order valence-corrected chi connectivity index (χ3v) is 3.64. The van der Waals surface area contributed by atoms with E-state index >= 15 is 0 Å². The van der Waals surface area contributed by atoms with Gasteiger partial charge in [0.2, 0.25) is 0 Å². The zero-order valence-electron chi connectivity index (χ0n) is 13.3. The fourth-order valence-electron chi connectivity index (χ4n) is 2.45. The molecule has 1 aliphatic rings. The van der Waals surface area contributed by atoms with Gasteiger partial charge in [0.1, 0.15) is 5.75 Å². The van der Waals surface area contributed by atoms with Crippen molar-refractivity contribution in [3.63, 3.8) is 0 Å². The summed E-state index contributed by atoms with van der Waals surface area (Å²) in [5.74, 6) is 0.867. The number of hydrogen-bond donors (Lipinski definition) is 1. The van der Waals surface area contributed by atoms with Crippen LogP contribution >= 0.6 is 0 Å². The number of nitrogens with zero attached hydrogens (tertiary/aromatic N) is 2. The molecular formula is C17H25N3O2. The summed E-state index contributed by atoms with van der Waals surface area (Å²) in [6, 6.07) is 10.2. The summed E-state index contributed by atoms with van der Waals surface area (Å²) in [6.07, 6.45) is 1.58. The molecule has 1 aliphatic heterocycles. The second-order valence-corrected chi connectivity index (χ2v) is 5.64. The lowest BCUT2D eigenvalue weighted by Crippen LogP contribution is -2.44. The van der Waals surface area contributed by atoms with Gasteiger partial charge in [0, 0.05) is 32.6 Å². The molecule has 0 bridgehead atoms. The van der Waals surface area contributed by atoms with Gasteiger partial charge in [-0.2, -0.15) is 5.26 Å². The fourth-order valence-corrected chi connectivity index (χ4v) is 2.45. The first kappa shape index (κ1) is 16.8. The van der Waals surface area contributed by atoms with Crippen LogP contribution in [0.5, 0.6) is 5.75 Å². The van der Waals surface area contributed by atoms with E-state index in [1.165, 1.54) is 5.56 Å². The summed E-state index contributed by atoms with van der Waals surface area (Å²) < 4.78 is 11.4. The highest BCUT2D eigenvalue weighted by molar-refractivity contribution is 5.28. The van der Waals surface area contributed by atoms with Gasteiger partial charge in [-0.05, 0) is 31.2 Å². The Morgan fingerprint density at radius 3 is 3.23 bits per heavy atom. The molecule has 5 nitrogen and oxygen atoms in total. The number of nitrogens with one attached hydrogen (secondary N) is 1. The highest BCUT2D eigenvalue weighted by Crippen LogP contribution is 2.14. The van der Waals surface area contributed by atoms with Gasteiger partial charge in [-0.25, -0.2) is 0 Å². The van der Waals surface area contributed by atoms with Crippen molar-refractivity contribution in [2.45, 2.75) is 25.5 Å². The van der Waals surface area contributed by atoms with Crippen LogP contribution in [0.2, 0.25) is 0 Å². The Morgan fingerprint density at radius 1 is 1.50 bits per heavy atom. The molecule has 0 aliphatic carbocycles. The number of ether oxygens (including phenoxy) is 2. The molecule has 1 heterocycles. The van der Waals surface area contributed by atoms with Gasteiger partial charge in [-0.15, -0.1) is 0 Å². The van der Waals surface area contributed by atoms with Crippen molar-refractivity contribution in [2.24, 2.45) is 0 Å². The maximum atomic E-state index is 8.50. The molecule has 1 saturated heterocycles. The molecule has 1 aromatic rings. The molecule has 1 fully saturated rings. The number of unbranched alkanes of at least 4 members (excludes halogenated alkanes) is 1. The molecule has 5 heteroatoms. The molecule has 0 aromatic heterocycles. The van der Waals surface area contributed by atoms with Crippen LogP contribution in [-0.4, -0.2) is 50.9 Å². The van der Waals surface area contributed by atoms with E-state index in [0.29, 0.717) is 13.0 Å². The number of rotatable bonds is 8. The Balaban J connectivity index is 1.70. The standard InChI is InChI=1S/C17H25N3O2/c1-20-8-10-22-17(14-20)13-19-12-15-5-4-6-16(11-15)21-9-3-2-7-18/h4-6,11,17,19H,2-3,8-10,12-14H2,1H3/t17-/m0/s1. The first-order chi connectivity index (χ1) is 10.8. The van der Waals surface area contributed by atoms with E-state index in [9.17, 15) is 0 Å². The average Bonchev–Trinajstić information content (AvgIpc) is 2.52. The summed E-state index contributed by atoms with van der Waals surface area (Å²) in [5, 5.41) is 11.9. The second-order valence-electron chi connectivity index (χ2n) is 5.64. The van der Waals surface area contributed by atoms with Crippen LogP contribution in [0.3, 0.4) is 0 Å². The van der Waals surface area contributed by atoms with E-state index in [1.54, 1.807) is 0 Å². The topological polar surface area (TPSA) is 57.5 Å². The van der Waals surface area contributed by atoms with E-state index in [-0.39, 0.29) is 6.10 Å². The predicted octanol–water partition coefficient (Wildman–Crippen LogP) is 1.79. The number of hydrogen-bond acceptors (Lipinski definition) is 5. The minimum Gasteiger partial charge on any atom is -0.494 e. The highest BCUT2D eigenvalue weighted by Gasteiger charge is 2.16. The molecule has 1 N–H and O–H groups in total. The van der Waals surface area contributed by atoms with Crippen LogP contribution in [-0.2, 0) is 11.3 Å². The van der Waals surface area contributed by atoms with Crippen LogP contribution in [0, 0.1) is 11.3 Å². The summed E-state index contributed by atoms with van der Waals surface area (Å²) >= 11 is 0. The third-order valence-electron chi connectivity index (χ3n) is 3.64. The monoisotopic (exact) mass is 303 g/mol. The van der Waals surface area contributed by atoms with Crippen LogP contribution in [0.15, 0.2) is 24.3 Å².